The van der Waals surface area contributed by atoms with Crippen LogP contribution in [0.3, 0.4) is 0 Å². The number of hydrogen-bond acceptors (Lipinski definition) is 4. The number of hydrogen-bond donors (Lipinski definition) is 0. The number of aromatic nitrogens is 1. The fourth-order valence-electron chi connectivity index (χ4n) is 3.62. The van der Waals surface area contributed by atoms with Gasteiger partial charge >= 0.3 is 0 Å². The van der Waals surface area contributed by atoms with Crippen molar-refractivity contribution in [3.8, 4) is 5.75 Å². The van der Waals surface area contributed by atoms with Gasteiger partial charge in [-0.3, -0.25) is 9.78 Å². The van der Waals surface area contributed by atoms with Crippen LogP contribution in [0.2, 0.25) is 0 Å². The van der Waals surface area contributed by atoms with Gasteiger partial charge in [0.25, 0.3) is 5.91 Å². The molecule has 0 spiro atoms. The zero-order valence-electron chi connectivity index (χ0n) is 16.9. The minimum absolute atomic E-state index is 0.161. The first kappa shape index (κ1) is 20.0. The van der Waals surface area contributed by atoms with Gasteiger partial charge in [0.1, 0.15) is 5.75 Å². The standard InChI is InChI=1S/C25H26N2O3/c28-25(24-13-7-15-29-24)27(18-22-11-4-5-14-26-22)17-21-10-6-12-23(16-21)30-19-20-8-2-1-3-9-20/h1-2,4-7,10-16,20H,3,8-9,17-19H2/t20-/m0/s1. The average molecular weight is 402 g/mol. The molecule has 5 nitrogen and oxygen atoms in total. The fourth-order valence-corrected chi connectivity index (χ4v) is 3.62. The van der Waals surface area contributed by atoms with Crippen molar-refractivity contribution >= 4 is 5.91 Å². The quantitative estimate of drug-likeness (QED) is 0.483. The van der Waals surface area contributed by atoms with E-state index in [1.807, 2.05) is 42.5 Å². The molecule has 2 heterocycles. The van der Waals surface area contributed by atoms with Crippen LogP contribution < -0.4 is 4.74 Å². The normalized spacial score (nSPS) is 15.7. The maximum atomic E-state index is 13.0. The van der Waals surface area contributed by atoms with Crippen LogP contribution in [0.25, 0.3) is 0 Å². The number of nitrogens with zero attached hydrogens (tertiary/aromatic N) is 2. The number of amides is 1. The number of pyridine rings is 1. The second-order valence-electron chi connectivity index (χ2n) is 7.57. The van der Waals surface area contributed by atoms with E-state index in [0.717, 1.165) is 36.5 Å². The first-order valence-corrected chi connectivity index (χ1v) is 10.4. The number of ether oxygens (including phenoxy) is 1. The fraction of sp³-hybridized carbons (Fsp3) is 0.280. The second kappa shape index (κ2) is 9.92. The van der Waals surface area contributed by atoms with E-state index < -0.39 is 0 Å². The molecule has 1 amide bonds. The lowest BCUT2D eigenvalue weighted by Crippen LogP contribution is -2.30. The van der Waals surface area contributed by atoms with Gasteiger partial charge in [-0.15, -0.1) is 0 Å². The number of allylic oxidation sites excluding steroid dienone is 2. The number of carbonyl (C=O) groups excluding carboxylic acids is 1. The molecule has 1 aliphatic rings. The average Bonchev–Trinajstić information content (AvgIpc) is 3.33. The summed E-state index contributed by atoms with van der Waals surface area (Å²) >= 11 is 0. The monoisotopic (exact) mass is 402 g/mol. The van der Waals surface area contributed by atoms with Crippen LogP contribution in [0.15, 0.2) is 83.6 Å². The van der Waals surface area contributed by atoms with Crippen LogP contribution in [0.5, 0.6) is 5.75 Å². The molecule has 4 rings (SSSR count). The van der Waals surface area contributed by atoms with Crippen molar-refractivity contribution in [3.63, 3.8) is 0 Å². The van der Waals surface area contributed by atoms with Gasteiger partial charge in [0.15, 0.2) is 5.76 Å². The van der Waals surface area contributed by atoms with Crippen molar-refractivity contribution in [3.05, 3.63) is 96.2 Å². The van der Waals surface area contributed by atoms with Gasteiger partial charge in [-0.25, -0.2) is 0 Å². The smallest absolute Gasteiger partial charge is 0.290 e. The molecule has 1 aromatic carbocycles. The number of rotatable bonds is 8. The summed E-state index contributed by atoms with van der Waals surface area (Å²) in [6.07, 6.45) is 11.1. The predicted octanol–water partition coefficient (Wildman–Crippen LogP) is 5.25. The van der Waals surface area contributed by atoms with Crippen molar-refractivity contribution in [1.82, 2.24) is 9.88 Å². The zero-order valence-corrected chi connectivity index (χ0v) is 16.9. The lowest BCUT2D eigenvalue weighted by atomic mass is 9.95. The van der Waals surface area contributed by atoms with Crippen molar-refractivity contribution in [2.75, 3.05) is 6.61 Å². The van der Waals surface area contributed by atoms with Crippen LogP contribution in [0.1, 0.15) is 41.1 Å². The predicted molar refractivity (Wildman–Crippen MR) is 115 cm³/mol. The Morgan fingerprint density at radius 2 is 2.07 bits per heavy atom. The Bertz CT molecular complexity index is 967. The molecule has 0 saturated heterocycles. The Morgan fingerprint density at radius 3 is 2.83 bits per heavy atom. The van der Waals surface area contributed by atoms with E-state index in [2.05, 4.69) is 17.1 Å². The highest BCUT2D eigenvalue weighted by atomic mass is 16.5. The van der Waals surface area contributed by atoms with Crippen LogP contribution >= 0.6 is 0 Å². The summed E-state index contributed by atoms with van der Waals surface area (Å²) in [6, 6.07) is 17.1. The maximum absolute atomic E-state index is 13.0. The molecule has 0 saturated carbocycles. The first-order valence-electron chi connectivity index (χ1n) is 10.4. The highest BCUT2D eigenvalue weighted by molar-refractivity contribution is 5.91. The third-order valence-corrected chi connectivity index (χ3v) is 5.23. The highest BCUT2D eigenvalue weighted by Crippen LogP contribution is 2.22. The summed E-state index contributed by atoms with van der Waals surface area (Å²) < 4.78 is 11.4. The van der Waals surface area contributed by atoms with Gasteiger partial charge < -0.3 is 14.1 Å². The van der Waals surface area contributed by atoms with E-state index in [4.69, 9.17) is 9.15 Å². The van der Waals surface area contributed by atoms with E-state index in [-0.39, 0.29) is 5.91 Å². The van der Waals surface area contributed by atoms with Crippen LogP contribution in [0, 0.1) is 5.92 Å². The number of carbonyl (C=O) groups is 1. The molecule has 5 heteroatoms. The minimum atomic E-state index is -0.161. The van der Waals surface area contributed by atoms with E-state index in [1.54, 1.807) is 23.2 Å². The molecule has 0 unspecified atom stereocenters. The van der Waals surface area contributed by atoms with Gasteiger partial charge in [-0.05, 0) is 67.1 Å². The maximum Gasteiger partial charge on any atom is 0.290 e. The SMILES string of the molecule is O=C(c1ccco1)N(Cc1cccc(OC[C@H]2CC=CCC2)c1)Cc1ccccn1. The Morgan fingerprint density at radius 1 is 1.10 bits per heavy atom. The molecule has 0 aliphatic heterocycles. The summed E-state index contributed by atoms with van der Waals surface area (Å²) in [7, 11) is 0. The zero-order chi connectivity index (χ0) is 20.6. The van der Waals surface area contributed by atoms with E-state index >= 15 is 0 Å². The van der Waals surface area contributed by atoms with Crippen molar-refractivity contribution in [2.45, 2.75) is 32.4 Å². The third kappa shape index (κ3) is 5.38. The molecule has 2 aromatic heterocycles. The minimum Gasteiger partial charge on any atom is -0.493 e. The largest absolute Gasteiger partial charge is 0.493 e. The molecule has 0 N–H and O–H groups in total. The van der Waals surface area contributed by atoms with Gasteiger partial charge in [-0.2, -0.15) is 0 Å². The molecule has 0 fully saturated rings. The van der Waals surface area contributed by atoms with Gasteiger partial charge in [0, 0.05) is 12.7 Å². The number of furan rings is 1. The second-order valence-corrected chi connectivity index (χ2v) is 7.57. The molecule has 154 valence electrons. The summed E-state index contributed by atoms with van der Waals surface area (Å²) in [5.74, 6) is 1.57. The summed E-state index contributed by atoms with van der Waals surface area (Å²) in [4.78, 5) is 19.1. The summed E-state index contributed by atoms with van der Waals surface area (Å²) in [5, 5.41) is 0. The van der Waals surface area contributed by atoms with Gasteiger partial charge in [0.05, 0.1) is 25.1 Å². The summed E-state index contributed by atoms with van der Waals surface area (Å²) in [6.45, 7) is 1.57. The van der Waals surface area contributed by atoms with Gasteiger partial charge in [-0.1, -0.05) is 30.4 Å². The molecule has 3 aromatic rings. The topological polar surface area (TPSA) is 55.6 Å². The molecule has 0 radical (unpaired) electrons. The Balaban J connectivity index is 1.46. The molecule has 0 bridgehead atoms. The molecular weight excluding hydrogens is 376 g/mol. The van der Waals surface area contributed by atoms with E-state index in [1.165, 1.54) is 12.7 Å². The van der Waals surface area contributed by atoms with Crippen LogP contribution in [0.4, 0.5) is 0 Å². The molecular formula is C25H26N2O3. The molecule has 1 aliphatic carbocycles. The third-order valence-electron chi connectivity index (χ3n) is 5.23. The van der Waals surface area contributed by atoms with E-state index in [9.17, 15) is 4.79 Å². The Labute approximate surface area is 177 Å². The van der Waals surface area contributed by atoms with Crippen molar-refractivity contribution in [2.24, 2.45) is 5.92 Å². The Hall–Kier alpha value is -3.34. The lowest BCUT2D eigenvalue weighted by molar-refractivity contribution is 0.0695. The van der Waals surface area contributed by atoms with Gasteiger partial charge in [0.2, 0.25) is 0 Å². The molecule has 1 atom stereocenters. The first-order chi connectivity index (χ1) is 14.8. The van der Waals surface area contributed by atoms with Crippen LogP contribution in [-0.2, 0) is 13.1 Å². The van der Waals surface area contributed by atoms with Crippen molar-refractivity contribution in [1.29, 1.82) is 0 Å². The summed E-state index contributed by atoms with van der Waals surface area (Å²) in [5.41, 5.74) is 1.84. The highest BCUT2D eigenvalue weighted by Gasteiger charge is 2.20. The lowest BCUT2D eigenvalue weighted by Gasteiger charge is -2.22. The van der Waals surface area contributed by atoms with Crippen molar-refractivity contribution < 1.29 is 13.9 Å². The van der Waals surface area contributed by atoms with E-state index in [0.29, 0.717) is 24.8 Å². The Kier molecular flexibility index (Phi) is 6.60. The number of benzene rings is 1. The van der Waals surface area contributed by atoms with Crippen LogP contribution in [-0.4, -0.2) is 22.4 Å². The molecule has 30 heavy (non-hydrogen) atoms.